The zero-order valence-corrected chi connectivity index (χ0v) is 9.93. The number of nitrogens with two attached hydrogens (primary N) is 1. The van der Waals surface area contributed by atoms with Crippen LogP contribution in [0.5, 0.6) is 0 Å². The van der Waals surface area contributed by atoms with E-state index in [0.717, 1.165) is 5.56 Å². The average Bonchev–Trinajstić information content (AvgIpc) is 2.81. The van der Waals surface area contributed by atoms with E-state index in [9.17, 15) is 0 Å². The van der Waals surface area contributed by atoms with Crippen molar-refractivity contribution in [2.45, 2.75) is 6.04 Å². The van der Waals surface area contributed by atoms with Gasteiger partial charge in [0.1, 0.15) is 11.8 Å². The third-order valence-corrected chi connectivity index (χ3v) is 2.96. The van der Waals surface area contributed by atoms with Crippen molar-refractivity contribution in [3.63, 3.8) is 0 Å². The first-order valence-electron chi connectivity index (χ1n) is 5.28. The van der Waals surface area contributed by atoms with Crippen LogP contribution >= 0.6 is 11.6 Å². The highest BCUT2D eigenvalue weighted by atomic mass is 35.5. The van der Waals surface area contributed by atoms with Gasteiger partial charge >= 0.3 is 0 Å². The quantitative estimate of drug-likeness (QED) is 0.904. The molecule has 0 saturated carbocycles. The molecular weight excluding hydrogens is 234 g/mol. The molecule has 0 aliphatic carbocycles. The fraction of sp³-hybridized carbons (Fsp3) is 0.154. The summed E-state index contributed by atoms with van der Waals surface area (Å²) < 4.78 is 1.88. The van der Waals surface area contributed by atoms with E-state index >= 15 is 0 Å². The van der Waals surface area contributed by atoms with Crippen LogP contribution in [0.2, 0.25) is 5.02 Å². The van der Waals surface area contributed by atoms with Crippen molar-refractivity contribution in [3.05, 3.63) is 58.9 Å². The molecule has 0 radical (unpaired) electrons. The van der Waals surface area contributed by atoms with Gasteiger partial charge in [-0.1, -0.05) is 23.7 Å². The van der Waals surface area contributed by atoms with Crippen LogP contribution in [0.1, 0.15) is 17.3 Å². The van der Waals surface area contributed by atoms with Gasteiger partial charge in [0.15, 0.2) is 0 Å². The number of aromatic nitrogens is 1. The lowest BCUT2D eigenvalue weighted by atomic mass is 10.1. The van der Waals surface area contributed by atoms with E-state index in [-0.39, 0.29) is 6.04 Å². The molecule has 2 aromatic rings. The number of nitrogens with zero attached hydrogens (tertiary/aromatic N) is 2. The molecule has 2 rings (SSSR count). The van der Waals surface area contributed by atoms with Gasteiger partial charge in [0.2, 0.25) is 0 Å². The summed E-state index contributed by atoms with van der Waals surface area (Å²) in [7, 11) is 0. The smallest absolute Gasteiger partial charge is 0.120 e. The number of nitriles is 1. The zero-order valence-electron chi connectivity index (χ0n) is 9.18. The predicted molar refractivity (Wildman–Crippen MR) is 67.8 cm³/mol. The van der Waals surface area contributed by atoms with Crippen molar-refractivity contribution < 1.29 is 0 Å². The summed E-state index contributed by atoms with van der Waals surface area (Å²) in [5.41, 5.74) is 7.45. The lowest BCUT2D eigenvalue weighted by molar-refractivity contribution is 0.592. The van der Waals surface area contributed by atoms with E-state index in [4.69, 9.17) is 22.6 Å². The van der Waals surface area contributed by atoms with E-state index in [1.165, 1.54) is 0 Å². The van der Waals surface area contributed by atoms with Crippen LogP contribution in [0.15, 0.2) is 42.6 Å². The van der Waals surface area contributed by atoms with Gasteiger partial charge in [-0.25, -0.2) is 0 Å². The van der Waals surface area contributed by atoms with Gasteiger partial charge in [0.25, 0.3) is 0 Å². The van der Waals surface area contributed by atoms with E-state index in [2.05, 4.69) is 6.07 Å². The highest BCUT2D eigenvalue weighted by molar-refractivity contribution is 6.30. The maximum atomic E-state index is 9.01. The summed E-state index contributed by atoms with van der Waals surface area (Å²) in [5.74, 6) is 0. The zero-order chi connectivity index (χ0) is 12.3. The first-order chi connectivity index (χ1) is 8.26. The Bertz CT molecular complexity index is 537. The summed E-state index contributed by atoms with van der Waals surface area (Å²) in [4.78, 5) is 0. The molecule has 3 nitrogen and oxygen atoms in total. The summed E-state index contributed by atoms with van der Waals surface area (Å²) >= 11 is 5.85. The first kappa shape index (κ1) is 11.7. The average molecular weight is 246 g/mol. The summed E-state index contributed by atoms with van der Waals surface area (Å²) in [6.07, 6.45) is 1.87. The Morgan fingerprint density at radius 2 is 2.00 bits per heavy atom. The first-order valence-corrected chi connectivity index (χ1v) is 5.66. The van der Waals surface area contributed by atoms with Crippen molar-refractivity contribution in [1.82, 2.24) is 4.57 Å². The Morgan fingerprint density at radius 3 is 2.59 bits per heavy atom. The van der Waals surface area contributed by atoms with Gasteiger partial charge in [0, 0.05) is 17.8 Å². The van der Waals surface area contributed by atoms with Crippen LogP contribution in [0, 0.1) is 11.3 Å². The van der Waals surface area contributed by atoms with E-state index in [0.29, 0.717) is 17.3 Å². The van der Waals surface area contributed by atoms with Crippen LogP contribution in [0.4, 0.5) is 0 Å². The molecule has 1 aromatic carbocycles. The monoisotopic (exact) mass is 245 g/mol. The molecule has 0 saturated heterocycles. The molecule has 86 valence electrons. The fourth-order valence-electron chi connectivity index (χ4n) is 1.86. The Balaban J connectivity index is 2.41. The maximum Gasteiger partial charge on any atom is 0.120 e. The van der Waals surface area contributed by atoms with Crippen LogP contribution in [-0.2, 0) is 0 Å². The fourth-order valence-corrected chi connectivity index (χ4v) is 1.98. The molecule has 0 bridgehead atoms. The number of benzene rings is 1. The molecular formula is C13H12ClN3. The molecule has 1 atom stereocenters. The Kier molecular flexibility index (Phi) is 3.48. The SMILES string of the molecule is N#Cc1cccn1C(CN)c1ccc(Cl)cc1. The van der Waals surface area contributed by atoms with Crippen LogP contribution in [-0.4, -0.2) is 11.1 Å². The van der Waals surface area contributed by atoms with Gasteiger partial charge in [-0.15, -0.1) is 0 Å². The number of rotatable bonds is 3. The summed E-state index contributed by atoms with van der Waals surface area (Å²) in [6, 6.07) is 13.3. The minimum Gasteiger partial charge on any atom is -0.331 e. The Labute approximate surface area is 105 Å². The van der Waals surface area contributed by atoms with Crippen LogP contribution in [0.3, 0.4) is 0 Å². The van der Waals surface area contributed by atoms with Crippen molar-refractivity contribution in [2.75, 3.05) is 6.54 Å². The van der Waals surface area contributed by atoms with Crippen LogP contribution in [0.25, 0.3) is 0 Å². The highest BCUT2D eigenvalue weighted by Crippen LogP contribution is 2.21. The molecule has 0 aliphatic heterocycles. The molecule has 0 spiro atoms. The minimum atomic E-state index is -0.0306. The normalized spacial score (nSPS) is 12.1. The van der Waals surface area contributed by atoms with Crippen molar-refractivity contribution in [3.8, 4) is 6.07 Å². The van der Waals surface area contributed by atoms with Gasteiger partial charge in [0.05, 0.1) is 6.04 Å². The number of hydrogen-bond acceptors (Lipinski definition) is 2. The molecule has 0 amide bonds. The molecule has 4 heteroatoms. The maximum absolute atomic E-state index is 9.01. The van der Waals surface area contributed by atoms with E-state index in [1.54, 1.807) is 6.07 Å². The second-order valence-corrected chi connectivity index (χ2v) is 4.15. The number of hydrogen-bond donors (Lipinski definition) is 1. The number of halogens is 1. The lowest BCUT2D eigenvalue weighted by Crippen LogP contribution is -2.20. The van der Waals surface area contributed by atoms with Gasteiger partial charge in [-0.2, -0.15) is 5.26 Å². The molecule has 2 N–H and O–H groups in total. The standard InChI is InChI=1S/C13H12ClN3/c14-11-5-3-10(4-6-11)13(9-16)17-7-1-2-12(17)8-15/h1-7,13H,9,16H2. The third kappa shape index (κ3) is 2.33. The van der Waals surface area contributed by atoms with E-state index in [1.807, 2.05) is 41.1 Å². The topological polar surface area (TPSA) is 54.7 Å². The Morgan fingerprint density at radius 1 is 1.29 bits per heavy atom. The van der Waals surface area contributed by atoms with Gasteiger partial charge in [-0.3, -0.25) is 0 Å². The molecule has 1 aromatic heterocycles. The molecule has 0 aliphatic rings. The van der Waals surface area contributed by atoms with Crippen LogP contribution < -0.4 is 5.73 Å². The highest BCUT2D eigenvalue weighted by Gasteiger charge is 2.13. The van der Waals surface area contributed by atoms with E-state index < -0.39 is 0 Å². The Hall–Kier alpha value is -1.76. The minimum absolute atomic E-state index is 0.0306. The van der Waals surface area contributed by atoms with Crippen molar-refractivity contribution >= 4 is 11.6 Å². The van der Waals surface area contributed by atoms with Gasteiger partial charge < -0.3 is 10.3 Å². The second kappa shape index (κ2) is 5.05. The van der Waals surface area contributed by atoms with Gasteiger partial charge in [-0.05, 0) is 29.8 Å². The predicted octanol–water partition coefficient (Wildman–Crippen LogP) is 2.56. The molecule has 1 unspecified atom stereocenters. The third-order valence-electron chi connectivity index (χ3n) is 2.71. The second-order valence-electron chi connectivity index (χ2n) is 3.72. The molecule has 0 fully saturated rings. The largest absolute Gasteiger partial charge is 0.331 e. The lowest BCUT2D eigenvalue weighted by Gasteiger charge is -2.18. The van der Waals surface area contributed by atoms with Crippen molar-refractivity contribution in [2.24, 2.45) is 5.73 Å². The van der Waals surface area contributed by atoms with Crippen molar-refractivity contribution in [1.29, 1.82) is 5.26 Å². The summed E-state index contributed by atoms with van der Waals surface area (Å²) in [6.45, 7) is 0.436. The molecule has 1 heterocycles. The summed E-state index contributed by atoms with van der Waals surface area (Å²) in [5, 5.41) is 9.70. The molecule has 17 heavy (non-hydrogen) atoms.